The minimum absolute atomic E-state index is 1.33. The van der Waals surface area contributed by atoms with E-state index < -0.39 is 0 Å². The van der Waals surface area contributed by atoms with Crippen LogP contribution in [0.15, 0.2) is 66.7 Å². The summed E-state index contributed by atoms with van der Waals surface area (Å²) in [6.45, 7) is 0. The van der Waals surface area contributed by atoms with Crippen LogP contribution in [0.2, 0.25) is 0 Å². The van der Waals surface area contributed by atoms with Crippen molar-refractivity contribution in [3.8, 4) is 0 Å². The van der Waals surface area contributed by atoms with E-state index in [1.165, 1.54) is 48.6 Å². The zero-order valence-electron chi connectivity index (χ0n) is 11.9. The SMILES string of the molecule is Bc1ccc2cccc3c4cccc5cccc(c1c23)c54. The molecule has 0 aliphatic rings. The molecule has 0 aromatic heterocycles. The van der Waals surface area contributed by atoms with Crippen LogP contribution in [0, 0.1) is 0 Å². The predicted molar refractivity (Wildman–Crippen MR) is 95.8 cm³/mol. The number of hydrogen-bond donors (Lipinski definition) is 0. The Morgan fingerprint density at radius 3 is 1.76 bits per heavy atom. The number of hydrogen-bond acceptors (Lipinski definition) is 0. The summed E-state index contributed by atoms with van der Waals surface area (Å²) in [5.74, 6) is 0. The first-order valence-electron chi connectivity index (χ1n) is 7.39. The van der Waals surface area contributed by atoms with Gasteiger partial charge in [-0.2, -0.15) is 0 Å². The molecule has 0 amide bonds. The molecule has 21 heavy (non-hydrogen) atoms. The summed E-state index contributed by atoms with van der Waals surface area (Å²) in [5.41, 5.74) is 1.36. The number of rotatable bonds is 0. The second kappa shape index (κ2) is 3.76. The van der Waals surface area contributed by atoms with Crippen molar-refractivity contribution in [3.63, 3.8) is 0 Å². The van der Waals surface area contributed by atoms with Crippen LogP contribution in [0.1, 0.15) is 0 Å². The minimum Gasteiger partial charge on any atom is -0.0806 e. The lowest BCUT2D eigenvalue weighted by Gasteiger charge is -2.15. The molecule has 96 valence electrons. The summed E-state index contributed by atoms with van der Waals surface area (Å²) in [7, 11) is 2.22. The maximum Gasteiger partial charge on any atom is 0.140 e. The fourth-order valence-corrected chi connectivity index (χ4v) is 3.83. The van der Waals surface area contributed by atoms with Gasteiger partial charge in [0.05, 0.1) is 0 Å². The molecule has 0 N–H and O–H groups in total. The molecule has 0 bridgehead atoms. The van der Waals surface area contributed by atoms with Crippen molar-refractivity contribution in [3.05, 3.63) is 66.7 Å². The molecule has 5 aromatic carbocycles. The van der Waals surface area contributed by atoms with Crippen molar-refractivity contribution in [2.24, 2.45) is 0 Å². The first-order valence-corrected chi connectivity index (χ1v) is 7.39. The van der Waals surface area contributed by atoms with E-state index in [2.05, 4.69) is 74.6 Å². The molecule has 0 atom stereocenters. The second-order valence-corrected chi connectivity index (χ2v) is 5.87. The fourth-order valence-electron chi connectivity index (χ4n) is 3.83. The van der Waals surface area contributed by atoms with Crippen LogP contribution in [-0.2, 0) is 0 Å². The van der Waals surface area contributed by atoms with Crippen molar-refractivity contribution < 1.29 is 0 Å². The van der Waals surface area contributed by atoms with Crippen molar-refractivity contribution in [1.82, 2.24) is 0 Å². The van der Waals surface area contributed by atoms with Gasteiger partial charge in [0.25, 0.3) is 0 Å². The van der Waals surface area contributed by atoms with Crippen LogP contribution in [0.3, 0.4) is 0 Å². The summed E-state index contributed by atoms with van der Waals surface area (Å²) in [6.07, 6.45) is 0. The van der Waals surface area contributed by atoms with Crippen LogP contribution in [0.25, 0.3) is 43.1 Å². The molecule has 0 spiro atoms. The summed E-state index contributed by atoms with van der Waals surface area (Å²) in [4.78, 5) is 0. The van der Waals surface area contributed by atoms with Gasteiger partial charge in [-0.15, -0.1) is 0 Å². The van der Waals surface area contributed by atoms with Crippen molar-refractivity contribution in [2.45, 2.75) is 0 Å². The lowest BCUT2D eigenvalue weighted by molar-refractivity contribution is 1.80. The average molecular weight is 264 g/mol. The van der Waals surface area contributed by atoms with E-state index in [4.69, 9.17) is 0 Å². The number of benzene rings is 5. The Kier molecular flexibility index (Phi) is 2.00. The van der Waals surface area contributed by atoms with Gasteiger partial charge in [-0.3, -0.25) is 0 Å². The largest absolute Gasteiger partial charge is 0.140 e. The molecule has 0 aliphatic heterocycles. The van der Waals surface area contributed by atoms with E-state index in [-0.39, 0.29) is 0 Å². The molecule has 1 heteroatoms. The zero-order valence-corrected chi connectivity index (χ0v) is 11.9. The van der Waals surface area contributed by atoms with Crippen molar-refractivity contribution in [1.29, 1.82) is 0 Å². The predicted octanol–water partition coefficient (Wildman–Crippen LogP) is 4.00. The van der Waals surface area contributed by atoms with Crippen LogP contribution in [-0.4, -0.2) is 7.85 Å². The Balaban J connectivity index is 2.32. The van der Waals surface area contributed by atoms with Gasteiger partial charge in [-0.05, 0) is 43.1 Å². The molecule has 0 saturated carbocycles. The van der Waals surface area contributed by atoms with Gasteiger partial charge in [0, 0.05) is 0 Å². The van der Waals surface area contributed by atoms with E-state index in [0.717, 1.165) is 0 Å². The fraction of sp³-hybridized carbons (Fsp3) is 0. The first kappa shape index (κ1) is 11.2. The van der Waals surface area contributed by atoms with E-state index in [0.29, 0.717) is 0 Å². The van der Waals surface area contributed by atoms with Crippen molar-refractivity contribution >= 4 is 56.4 Å². The minimum atomic E-state index is 1.33. The van der Waals surface area contributed by atoms with E-state index >= 15 is 0 Å². The first-order chi connectivity index (χ1) is 10.3. The molecular formula is C20H13B. The molecular weight excluding hydrogens is 251 g/mol. The Hall–Kier alpha value is -2.54. The number of fused-ring (bicyclic) bond motifs is 2. The molecule has 0 unspecified atom stereocenters. The van der Waals surface area contributed by atoms with E-state index in [1.807, 2.05) is 0 Å². The Labute approximate surface area is 123 Å². The maximum atomic E-state index is 2.27. The van der Waals surface area contributed by atoms with Crippen LogP contribution < -0.4 is 5.46 Å². The summed E-state index contributed by atoms with van der Waals surface area (Å²) >= 11 is 0. The highest BCUT2D eigenvalue weighted by atomic mass is 14.1. The smallest absolute Gasteiger partial charge is 0.0806 e. The van der Waals surface area contributed by atoms with Gasteiger partial charge < -0.3 is 0 Å². The summed E-state index contributed by atoms with van der Waals surface area (Å²) in [6, 6.07) is 24.4. The lowest BCUT2D eigenvalue weighted by Crippen LogP contribution is -2.04. The van der Waals surface area contributed by atoms with Crippen LogP contribution in [0.5, 0.6) is 0 Å². The standard InChI is InChI=1S/C20H13B/c21-17-11-10-13-6-2-8-15-14-7-1-4-12-5-3-9-16(18(12)14)20(17)19(13)15/h1-11H,21H2. The normalized spacial score (nSPS) is 12.0. The van der Waals surface area contributed by atoms with Crippen LogP contribution >= 0.6 is 0 Å². The highest BCUT2D eigenvalue weighted by molar-refractivity contribution is 6.46. The molecule has 0 radical (unpaired) electrons. The van der Waals surface area contributed by atoms with Gasteiger partial charge in [-0.1, -0.05) is 72.2 Å². The molecule has 0 fully saturated rings. The molecule has 5 rings (SSSR count). The third-order valence-electron chi connectivity index (χ3n) is 4.72. The molecule has 0 nitrogen and oxygen atoms in total. The van der Waals surface area contributed by atoms with E-state index in [1.54, 1.807) is 0 Å². The topological polar surface area (TPSA) is 0 Å². The third-order valence-corrected chi connectivity index (χ3v) is 4.72. The van der Waals surface area contributed by atoms with Gasteiger partial charge >= 0.3 is 0 Å². The molecule has 0 saturated heterocycles. The van der Waals surface area contributed by atoms with Crippen molar-refractivity contribution in [2.75, 3.05) is 0 Å². The Morgan fingerprint density at radius 1 is 0.476 bits per heavy atom. The highest BCUT2D eigenvalue weighted by Crippen LogP contribution is 2.38. The van der Waals surface area contributed by atoms with Gasteiger partial charge in [0.15, 0.2) is 0 Å². The third kappa shape index (κ3) is 1.31. The average Bonchev–Trinajstić information content (AvgIpc) is 2.53. The monoisotopic (exact) mass is 264 g/mol. The Bertz CT molecular complexity index is 1130. The molecule has 0 aliphatic carbocycles. The van der Waals surface area contributed by atoms with Gasteiger partial charge in [0.1, 0.15) is 7.85 Å². The molecule has 0 heterocycles. The maximum absolute atomic E-state index is 2.27. The van der Waals surface area contributed by atoms with Gasteiger partial charge in [0.2, 0.25) is 0 Å². The summed E-state index contributed by atoms with van der Waals surface area (Å²) < 4.78 is 0. The van der Waals surface area contributed by atoms with Crippen LogP contribution in [0.4, 0.5) is 0 Å². The highest BCUT2D eigenvalue weighted by Gasteiger charge is 2.13. The summed E-state index contributed by atoms with van der Waals surface area (Å²) in [5, 5.41) is 11.0. The lowest BCUT2D eigenvalue weighted by atomic mass is 9.82. The molecule has 5 aromatic rings. The zero-order chi connectivity index (χ0) is 14.0. The Morgan fingerprint density at radius 2 is 1.05 bits per heavy atom. The van der Waals surface area contributed by atoms with E-state index in [9.17, 15) is 0 Å². The second-order valence-electron chi connectivity index (χ2n) is 5.87. The van der Waals surface area contributed by atoms with Gasteiger partial charge in [-0.25, -0.2) is 0 Å². The quantitative estimate of drug-likeness (QED) is 0.225.